The summed E-state index contributed by atoms with van der Waals surface area (Å²) in [6, 6.07) is 12.7. The number of thioether (sulfide) groups is 1. The molecule has 0 amide bonds. The zero-order valence-corrected chi connectivity index (χ0v) is 16.8. The molecule has 0 N–H and O–H groups in total. The van der Waals surface area contributed by atoms with E-state index in [0.717, 1.165) is 23.0 Å². The first-order chi connectivity index (χ1) is 12.9. The summed E-state index contributed by atoms with van der Waals surface area (Å²) < 4.78 is 6.29. The van der Waals surface area contributed by atoms with Crippen molar-refractivity contribution in [2.75, 3.05) is 12.9 Å². The van der Waals surface area contributed by atoms with Crippen LogP contribution in [0.15, 0.2) is 52.4 Å². The van der Waals surface area contributed by atoms with Crippen LogP contribution in [0, 0.1) is 0 Å². The fraction of sp³-hybridized carbons (Fsp3) is 0.250. The molecule has 0 atom stereocenters. The summed E-state index contributed by atoms with van der Waals surface area (Å²) >= 11 is 7.23. The van der Waals surface area contributed by atoms with Crippen LogP contribution in [0.5, 0.6) is 0 Å². The van der Waals surface area contributed by atoms with Crippen LogP contribution in [0.25, 0.3) is 16.6 Å². The number of nitrogens with zero attached hydrogens (tertiary/aromatic N) is 2. The Kier molecular flexibility index (Phi) is 5.87. The molecule has 3 rings (SSSR count). The first-order valence-electron chi connectivity index (χ1n) is 8.43. The van der Waals surface area contributed by atoms with Crippen molar-refractivity contribution in [3.8, 4) is 5.69 Å². The number of para-hydroxylation sites is 1. The second-order valence-corrected chi connectivity index (χ2v) is 7.65. The Balaban J connectivity index is 2.29. The number of hydrogen-bond donors (Lipinski definition) is 0. The van der Waals surface area contributed by atoms with Crippen LogP contribution in [0.3, 0.4) is 0 Å². The highest BCUT2D eigenvalue weighted by molar-refractivity contribution is 7.99. The molecule has 0 bridgehead atoms. The number of fused-ring (bicyclic) bond motifs is 1. The molecule has 0 aliphatic carbocycles. The van der Waals surface area contributed by atoms with Crippen LogP contribution in [0.4, 0.5) is 0 Å². The van der Waals surface area contributed by atoms with E-state index in [1.54, 1.807) is 22.8 Å². The van der Waals surface area contributed by atoms with Gasteiger partial charge in [0.15, 0.2) is 5.16 Å². The van der Waals surface area contributed by atoms with E-state index in [9.17, 15) is 9.59 Å². The largest absolute Gasteiger partial charge is 0.468 e. The Morgan fingerprint density at radius 3 is 2.70 bits per heavy atom. The van der Waals surface area contributed by atoms with E-state index in [0.29, 0.717) is 21.1 Å². The molecule has 0 unspecified atom stereocenters. The lowest BCUT2D eigenvalue weighted by Crippen LogP contribution is -2.23. The predicted molar refractivity (Wildman–Crippen MR) is 109 cm³/mol. The number of methoxy groups -OCH3 is 1. The number of hydrogen-bond acceptors (Lipinski definition) is 5. The topological polar surface area (TPSA) is 61.2 Å². The van der Waals surface area contributed by atoms with Gasteiger partial charge in [-0.3, -0.25) is 14.2 Å². The molecular formula is C20H19ClN2O3S. The van der Waals surface area contributed by atoms with Gasteiger partial charge in [-0.1, -0.05) is 55.4 Å². The number of aromatic nitrogens is 2. The lowest BCUT2D eigenvalue weighted by Gasteiger charge is -2.18. The maximum Gasteiger partial charge on any atom is 0.316 e. The molecule has 0 saturated carbocycles. The van der Waals surface area contributed by atoms with E-state index in [1.165, 1.54) is 7.11 Å². The number of halogens is 1. The fourth-order valence-corrected chi connectivity index (χ4v) is 3.81. The van der Waals surface area contributed by atoms with E-state index in [-0.39, 0.29) is 23.2 Å². The van der Waals surface area contributed by atoms with E-state index in [2.05, 4.69) is 18.8 Å². The fourth-order valence-electron chi connectivity index (χ4n) is 2.81. The molecule has 1 heterocycles. The summed E-state index contributed by atoms with van der Waals surface area (Å²) in [7, 11) is 1.33. The Hall–Kier alpha value is -2.31. The SMILES string of the molecule is COC(=O)CSc1nc2cc(Cl)ccc2c(=O)n1-c1ccccc1C(C)C. The molecule has 5 nitrogen and oxygen atoms in total. The average molecular weight is 403 g/mol. The van der Waals surface area contributed by atoms with Gasteiger partial charge in [0.25, 0.3) is 5.56 Å². The Morgan fingerprint density at radius 2 is 2.00 bits per heavy atom. The molecule has 0 spiro atoms. The molecule has 0 fully saturated rings. The molecular weight excluding hydrogens is 384 g/mol. The van der Waals surface area contributed by atoms with Gasteiger partial charge in [0.2, 0.25) is 0 Å². The summed E-state index contributed by atoms with van der Waals surface area (Å²) in [5.41, 5.74) is 2.08. The van der Waals surface area contributed by atoms with E-state index >= 15 is 0 Å². The van der Waals surface area contributed by atoms with Gasteiger partial charge in [-0.15, -0.1) is 0 Å². The molecule has 2 aromatic carbocycles. The standard InChI is InChI=1S/C20H19ClN2O3S/c1-12(2)14-6-4-5-7-17(14)23-19(25)15-9-8-13(21)10-16(15)22-20(23)27-11-18(24)26-3/h4-10,12H,11H2,1-3H3. The summed E-state index contributed by atoms with van der Waals surface area (Å²) in [5.74, 6) is -0.115. The Labute approximate surface area is 166 Å². The monoisotopic (exact) mass is 402 g/mol. The van der Waals surface area contributed by atoms with Crippen molar-refractivity contribution in [1.29, 1.82) is 0 Å². The second kappa shape index (κ2) is 8.15. The zero-order chi connectivity index (χ0) is 19.6. The highest BCUT2D eigenvalue weighted by Crippen LogP contribution is 2.27. The van der Waals surface area contributed by atoms with Crippen molar-refractivity contribution < 1.29 is 9.53 Å². The quantitative estimate of drug-likeness (QED) is 0.359. The van der Waals surface area contributed by atoms with Crippen LogP contribution in [0.1, 0.15) is 25.3 Å². The van der Waals surface area contributed by atoms with Crippen LogP contribution >= 0.6 is 23.4 Å². The van der Waals surface area contributed by atoms with Crippen LogP contribution in [0.2, 0.25) is 5.02 Å². The minimum absolute atomic E-state index is 0.0544. The Bertz CT molecular complexity index is 1060. The number of esters is 1. The van der Waals surface area contributed by atoms with Crippen molar-refractivity contribution in [2.24, 2.45) is 0 Å². The van der Waals surface area contributed by atoms with Crippen LogP contribution in [-0.4, -0.2) is 28.4 Å². The number of benzene rings is 2. The van der Waals surface area contributed by atoms with Crippen molar-refractivity contribution in [1.82, 2.24) is 9.55 Å². The van der Waals surface area contributed by atoms with Gasteiger partial charge in [0, 0.05) is 5.02 Å². The smallest absolute Gasteiger partial charge is 0.316 e. The van der Waals surface area contributed by atoms with Gasteiger partial charge < -0.3 is 4.74 Å². The zero-order valence-electron chi connectivity index (χ0n) is 15.2. The summed E-state index contributed by atoms with van der Waals surface area (Å²) in [5, 5.41) is 1.40. The van der Waals surface area contributed by atoms with Gasteiger partial charge in [-0.05, 0) is 35.7 Å². The molecule has 0 saturated heterocycles. The van der Waals surface area contributed by atoms with E-state index in [4.69, 9.17) is 16.3 Å². The maximum absolute atomic E-state index is 13.3. The highest BCUT2D eigenvalue weighted by atomic mass is 35.5. The van der Waals surface area contributed by atoms with Crippen molar-refractivity contribution in [2.45, 2.75) is 24.9 Å². The first-order valence-corrected chi connectivity index (χ1v) is 9.80. The predicted octanol–water partition coefficient (Wildman–Crippen LogP) is 4.43. The molecule has 7 heteroatoms. The van der Waals surface area contributed by atoms with Crippen molar-refractivity contribution >= 4 is 40.2 Å². The Morgan fingerprint density at radius 1 is 1.26 bits per heavy atom. The van der Waals surface area contributed by atoms with Crippen LogP contribution < -0.4 is 5.56 Å². The summed E-state index contributed by atoms with van der Waals surface area (Å²) in [6.07, 6.45) is 0. The third-order valence-electron chi connectivity index (χ3n) is 4.15. The van der Waals surface area contributed by atoms with Gasteiger partial charge >= 0.3 is 5.97 Å². The third-order valence-corrected chi connectivity index (χ3v) is 5.29. The van der Waals surface area contributed by atoms with Gasteiger partial charge in [0.1, 0.15) is 0 Å². The first kappa shape index (κ1) is 19.5. The molecule has 0 radical (unpaired) electrons. The highest BCUT2D eigenvalue weighted by Gasteiger charge is 2.18. The average Bonchev–Trinajstić information content (AvgIpc) is 2.65. The summed E-state index contributed by atoms with van der Waals surface area (Å²) in [6.45, 7) is 4.14. The maximum atomic E-state index is 13.3. The van der Waals surface area contributed by atoms with Crippen LogP contribution in [-0.2, 0) is 9.53 Å². The minimum atomic E-state index is -0.385. The lowest BCUT2D eigenvalue weighted by molar-refractivity contribution is -0.137. The number of rotatable bonds is 5. The molecule has 3 aromatic rings. The number of carbonyl (C=O) groups is 1. The number of carbonyl (C=O) groups excluding carboxylic acids is 1. The molecule has 27 heavy (non-hydrogen) atoms. The molecule has 0 aliphatic rings. The van der Waals surface area contributed by atoms with Gasteiger partial charge in [-0.25, -0.2) is 4.98 Å². The van der Waals surface area contributed by atoms with Crippen molar-refractivity contribution in [3.63, 3.8) is 0 Å². The van der Waals surface area contributed by atoms with Crippen molar-refractivity contribution in [3.05, 3.63) is 63.4 Å². The summed E-state index contributed by atoms with van der Waals surface area (Å²) in [4.78, 5) is 29.5. The van der Waals surface area contributed by atoms with Gasteiger partial charge in [0.05, 0.1) is 29.5 Å². The van der Waals surface area contributed by atoms with E-state index in [1.807, 2.05) is 24.3 Å². The normalized spacial score (nSPS) is 11.1. The molecule has 0 aliphatic heterocycles. The third kappa shape index (κ3) is 4.01. The minimum Gasteiger partial charge on any atom is -0.468 e. The lowest BCUT2D eigenvalue weighted by atomic mass is 10.0. The van der Waals surface area contributed by atoms with E-state index < -0.39 is 0 Å². The second-order valence-electron chi connectivity index (χ2n) is 6.27. The number of ether oxygens (including phenoxy) is 1. The molecule has 1 aromatic heterocycles. The molecule has 140 valence electrons. The van der Waals surface area contributed by atoms with Gasteiger partial charge in [-0.2, -0.15) is 0 Å².